The molecule has 1 nitrogen and oxygen atoms in total. The van der Waals surface area contributed by atoms with Gasteiger partial charge in [-0.2, -0.15) is 0 Å². The highest BCUT2D eigenvalue weighted by atomic mass is 127. The fraction of sp³-hybridized carbons (Fsp3) is 0.571. The molecular weight excluding hydrogens is 309 g/mol. The van der Waals surface area contributed by atoms with Gasteiger partial charge >= 0.3 is 0 Å². The van der Waals surface area contributed by atoms with Crippen molar-refractivity contribution in [3.63, 3.8) is 0 Å². The molecule has 0 radical (unpaired) electrons. The summed E-state index contributed by atoms with van der Waals surface area (Å²) in [5.41, 5.74) is 1.47. The number of rotatable bonds is 6. The molecule has 88 valence electrons. The van der Waals surface area contributed by atoms with Crippen molar-refractivity contribution in [2.75, 3.05) is 6.54 Å². The zero-order valence-corrected chi connectivity index (χ0v) is 12.0. The van der Waals surface area contributed by atoms with Crippen LogP contribution in [-0.4, -0.2) is 12.6 Å². The van der Waals surface area contributed by atoms with Crippen molar-refractivity contribution in [1.82, 2.24) is 5.32 Å². The van der Waals surface area contributed by atoms with Crippen LogP contribution in [0, 0.1) is 9.49 Å². The highest BCUT2D eigenvalue weighted by Crippen LogP contribution is 2.19. The second-order valence-corrected chi connectivity index (χ2v) is 6.20. The van der Waals surface area contributed by atoms with Crippen molar-refractivity contribution in [2.24, 2.45) is 5.92 Å². The Morgan fingerprint density at radius 1 is 1.31 bits per heavy atom. The van der Waals surface area contributed by atoms with Crippen LogP contribution >= 0.6 is 22.6 Å². The first-order valence-corrected chi connectivity index (χ1v) is 7.30. The highest BCUT2D eigenvalue weighted by molar-refractivity contribution is 14.1. The Labute approximate surface area is 112 Å². The molecule has 0 spiro atoms. The smallest absolute Gasteiger partial charge is 0.0130 e. The van der Waals surface area contributed by atoms with Crippen molar-refractivity contribution in [1.29, 1.82) is 0 Å². The van der Waals surface area contributed by atoms with Gasteiger partial charge in [-0.3, -0.25) is 0 Å². The predicted molar refractivity (Wildman–Crippen MR) is 77.7 cm³/mol. The van der Waals surface area contributed by atoms with Gasteiger partial charge in [-0.1, -0.05) is 19.1 Å². The monoisotopic (exact) mass is 329 g/mol. The summed E-state index contributed by atoms with van der Waals surface area (Å²) in [7, 11) is 0. The zero-order valence-electron chi connectivity index (χ0n) is 9.88. The van der Waals surface area contributed by atoms with Crippen LogP contribution in [0.4, 0.5) is 0 Å². The number of nitrogens with one attached hydrogen (secondary N) is 1. The van der Waals surface area contributed by atoms with Gasteiger partial charge in [-0.15, -0.1) is 0 Å². The summed E-state index contributed by atoms with van der Waals surface area (Å²) in [6.07, 6.45) is 5.29. The Morgan fingerprint density at radius 2 is 2.00 bits per heavy atom. The van der Waals surface area contributed by atoms with E-state index in [9.17, 15) is 0 Å². The van der Waals surface area contributed by atoms with Gasteiger partial charge in [0.25, 0.3) is 0 Å². The summed E-state index contributed by atoms with van der Waals surface area (Å²) in [6, 6.07) is 9.76. The minimum Gasteiger partial charge on any atom is -0.314 e. The van der Waals surface area contributed by atoms with Gasteiger partial charge in [0, 0.05) is 9.61 Å². The van der Waals surface area contributed by atoms with Crippen LogP contribution < -0.4 is 5.32 Å². The van der Waals surface area contributed by atoms with Crippen LogP contribution in [0.1, 0.15) is 31.7 Å². The minimum atomic E-state index is 0.784. The normalized spacial score (nSPS) is 17.4. The molecule has 2 rings (SSSR count). The number of halogens is 1. The van der Waals surface area contributed by atoms with Crippen molar-refractivity contribution in [3.05, 3.63) is 33.4 Å². The van der Waals surface area contributed by atoms with E-state index in [0.29, 0.717) is 0 Å². The van der Waals surface area contributed by atoms with E-state index in [2.05, 4.69) is 59.1 Å². The molecule has 1 atom stereocenters. The topological polar surface area (TPSA) is 12.0 Å². The SMILES string of the molecule is CC(CCNC1CC1)Cc1ccc(I)cc1. The highest BCUT2D eigenvalue weighted by Gasteiger charge is 2.19. The molecule has 1 fully saturated rings. The quantitative estimate of drug-likeness (QED) is 0.786. The molecule has 2 heteroatoms. The molecule has 1 aliphatic carbocycles. The Morgan fingerprint density at radius 3 is 2.62 bits per heavy atom. The standard InChI is InChI=1S/C14H20IN/c1-11(8-9-16-14-6-7-14)10-12-2-4-13(15)5-3-12/h2-5,11,14,16H,6-10H2,1H3. The van der Waals surface area contributed by atoms with Crippen LogP contribution in [0.5, 0.6) is 0 Å². The van der Waals surface area contributed by atoms with Gasteiger partial charge in [0.2, 0.25) is 0 Å². The van der Waals surface area contributed by atoms with Gasteiger partial charge in [-0.05, 0) is 78.4 Å². The van der Waals surface area contributed by atoms with Gasteiger partial charge in [0.1, 0.15) is 0 Å². The molecule has 1 aromatic rings. The Bertz CT molecular complexity index is 316. The molecule has 16 heavy (non-hydrogen) atoms. The predicted octanol–water partition coefficient (Wildman–Crippen LogP) is 3.61. The van der Waals surface area contributed by atoms with Crippen LogP contribution in [0.3, 0.4) is 0 Å². The van der Waals surface area contributed by atoms with Crippen LogP contribution in [0.2, 0.25) is 0 Å². The van der Waals surface area contributed by atoms with E-state index in [4.69, 9.17) is 0 Å². The second kappa shape index (κ2) is 6.01. The second-order valence-electron chi connectivity index (χ2n) is 4.95. The summed E-state index contributed by atoms with van der Waals surface area (Å²) < 4.78 is 1.32. The zero-order chi connectivity index (χ0) is 11.4. The maximum atomic E-state index is 3.58. The van der Waals surface area contributed by atoms with E-state index in [1.165, 1.54) is 41.4 Å². The third kappa shape index (κ3) is 4.42. The van der Waals surface area contributed by atoms with E-state index in [1.54, 1.807) is 0 Å². The van der Waals surface area contributed by atoms with E-state index in [-0.39, 0.29) is 0 Å². The first-order valence-electron chi connectivity index (χ1n) is 6.22. The average Bonchev–Trinajstić information content (AvgIpc) is 3.05. The van der Waals surface area contributed by atoms with Crippen molar-refractivity contribution < 1.29 is 0 Å². The molecule has 0 heterocycles. The molecule has 0 aromatic heterocycles. The Kier molecular flexibility index (Phi) is 4.65. The summed E-state index contributed by atoms with van der Waals surface area (Å²) in [5.74, 6) is 0.784. The van der Waals surface area contributed by atoms with E-state index < -0.39 is 0 Å². The lowest BCUT2D eigenvalue weighted by molar-refractivity contribution is 0.497. The van der Waals surface area contributed by atoms with Gasteiger partial charge in [0.15, 0.2) is 0 Å². The third-order valence-electron chi connectivity index (χ3n) is 3.14. The molecule has 1 aliphatic rings. The first-order chi connectivity index (χ1) is 7.74. The summed E-state index contributed by atoms with van der Waals surface area (Å²) in [5, 5.41) is 3.58. The fourth-order valence-electron chi connectivity index (χ4n) is 1.95. The lowest BCUT2D eigenvalue weighted by Crippen LogP contribution is -2.20. The summed E-state index contributed by atoms with van der Waals surface area (Å²) >= 11 is 2.36. The summed E-state index contributed by atoms with van der Waals surface area (Å²) in [4.78, 5) is 0. The van der Waals surface area contributed by atoms with Gasteiger partial charge in [-0.25, -0.2) is 0 Å². The average molecular weight is 329 g/mol. The summed E-state index contributed by atoms with van der Waals surface area (Å²) in [6.45, 7) is 3.54. The largest absolute Gasteiger partial charge is 0.314 e. The Balaban J connectivity index is 1.68. The van der Waals surface area contributed by atoms with Crippen molar-refractivity contribution in [2.45, 2.75) is 38.6 Å². The maximum absolute atomic E-state index is 3.58. The van der Waals surface area contributed by atoms with Crippen molar-refractivity contribution in [3.8, 4) is 0 Å². The van der Waals surface area contributed by atoms with Gasteiger partial charge in [0.05, 0.1) is 0 Å². The van der Waals surface area contributed by atoms with Crippen molar-refractivity contribution >= 4 is 22.6 Å². The molecule has 0 aliphatic heterocycles. The van der Waals surface area contributed by atoms with E-state index >= 15 is 0 Å². The molecule has 0 saturated heterocycles. The molecule has 1 N–H and O–H groups in total. The van der Waals surface area contributed by atoms with Gasteiger partial charge < -0.3 is 5.32 Å². The lowest BCUT2D eigenvalue weighted by atomic mass is 9.98. The number of hydrogen-bond acceptors (Lipinski definition) is 1. The maximum Gasteiger partial charge on any atom is 0.0130 e. The molecule has 1 saturated carbocycles. The first kappa shape index (κ1) is 12.4. The molecule has 1 aromatic carbocycles. The molecular formula is C14H20IN. The van der Waals surface area contributed by atoms with Crippen LogP contribution in [-0.2, 0) is 6.42 Å². The van der Waals surface area contributed by atoms with Crippen LogP contribution in [0.15, 0.2) is 24.3 Å². The lowest BCUT2D eigenvalue weighted by Gasteiger charge is -2.12. The molecule has 1 unspecified atom stereocenters. The number of benzene rings is 1. The molecule has 0 bridgehead atoms. The fourth-order valence-corrected chi connectivity index (χ4v) is 2.31. The van der Waals surface area contributed by atoms with E-state index in [1.807, 2.05) is 0 Å². The van der Waals surface area contributed by atoms with Crippen LogP contribution in [0.25, 0.3) is 0 Å². The third-order valence-corrected chi connectivity index (χ3v) is 3.86. The number of hydrogen-bond donors (Lipinski definition) is 1. The molecule has 0 amide bonds. The minimum absolute atomic E-state index is 0.784. The van der Waals surface area contributed by atoms with E-state index in [0.717, 1.165) is 12.0 Å². The Hall–Kier alpha value is -0.0900.